The van der Waals surface area contributed by atoms with Gasteiger partial charge in [-0.3, -0.25) is 10.1 Å². The standard InChI is InChI=1S/C14H19BrN2O2/c1-3-11-7-12(17(18)19)8-13(15)14(11)16-6-4-5-10(2)9-16/h7-8,10H,3-6,9H2,1-2H3/t10-/m1/s1. The average Bonchev–Trinajstić information content (AvgIpc) is 2.37. The van der Waals surface area contributed by atoms with Gasteiger partial charge in [-0.15, -0.1) is 0 Å². The number of hydrogen-bond donors (Lipinski definition) is 0. The first-order chi connectivity index (χ1) is 9.02. The topological polar surface area (TPSA) is 46.4 Å². The van der Waals surface area contributed by atoms with Crippen molar-refractivity contribution in [3.63, 3.8) is 0 Å². The third-order valence-corrected chi connectivity index (χ3v) is 4.30. The molecule has 1 fully saturated rings. The fraction of sp³-hybridized carbons (Fsp3) is 0.571. The lowest BCUT2D eigenvalue weighted by molar-refractivity contribution is -0.385. The van der Waals surface area contributed by atoms with Crippen LogP contribution >= 0.6 is 15.9 Å². The molecule has 0 aliphatic carbocycles. The number of halogens is 1. The summed E-state index contributed by atoms with van der Waals surface area (Å²) in [6.45, 7) is 6.37. The van der Waals surface area contributed by atoms with Crippen LogP contribution in [0.1, 0.15) is 32.3 Å². The molecule has 0 saturated carbocycles. The SMILES string of the molecule is CCc1cc([N+](=O)[O-])cc(Br)c1N1CCC[C@@H](C)C1. The first-order valence-electron chi connectivity index (χ1n) is 6.74. The maximum Gasteiger partial charge on any atom is 0.270 e. The van der Waals surface area contributed by atoms with Crippen LogP contribution in [0, 0.1) is 16.0 Å². The first-order valence-corrected chi connectivity index (χ1v) is 7.54. The Morgan fingerprint density at radius 2 is 2.26 bits per heavy atom. The number of hydrogen-bond acceptors (Lipinski definition) is 3. The van der Waals surface area contributed by atoms with Crippen molar-refractivity contribution in [1.29, 1.82) is 0 Å². The highest BCUT2D eigenvalue weighted by Gasteiger charge is 2.23. The van der Waals surface area contributed by atoms with E-state index in [1.807, 2.05) is 6.92 Å². The molecule has 4 nitrogen and oxygen atoms in total. The van der Waals surface area contributed by atoms with Crippen LogP contribution in [0.4, 0.5) is 11.4 Å². The lowest BCUT2D eigenvalue weighted by Gasteiger charge is -2.34. The van der Waals surface area contributed by atoms with Crippen LogP contribution < -0.4 is 4.90 Å². The van der Waals surface area contributed by atoms with Gasteiger partial charge in [0.1, 0.15) is 0 Å². The zero-order chi connectivity index (χ0) is 14.0. The summed E-state index contributed by atoms with van der Waals surface area (Å²) < 4.78 is 0.840. The summed E-state index contributed by atoms with van der Waals surface area (Å²) in [5, 5.41) is 10.9. The molecule has 1 saturated heterocycles. The Hall–Kier alpha value is -1.10. The van der Waals surface area contributed by atoms with Crippen molar-refractivity contribution in [3.8, 4) is 0 Å². The number of benzene rings is 1. The number of aryl methyl sites for hydroxylation is 1. The van der Waals surface area contributed by atoms with Crippen LogP contribution in [0.2, 0.25) is 0 Å². The Labute approximate surface area is 122 Å². The minimum absolute atomic E-state index is 0.164. The number of anilines is 1. The largest absolute Gasteiger partial charge is 0.370 e. The number of nitro groups is 1. The van der Waals surface area contributed by atoms with Crippen LogP contribution in [0.25, 0.3) is 0 Å². The van der Waals surface area contributed by atoms with E-state index in [0.29, 0.717) is 5.92 Å². The van der Waals surface area contributed by atoms with Crippen LogP contribution in [0.5, 0.6) is 0 Å². The first kappa shape index (κ1) is 14.3. The van der Waals surface area contributed by atoms with Gasteiger partial charge in [-0.25, -0.2) is 0 Å². The van der Waals surface area contributed by atoms with Gasteiger partial charge in [0.15, 0.2) is 0 Å². The molecular formula is C14H19BrN2O2. The second-order valence-electron chi connectivity index (χ2n) is 5.24. The van der Waals surface area contributed by atoms with E-state index < -0.39 is 0 Å². The van der Waals surface area contributed by atoms with Crippen LogP contribution in [0.15, 0.2) is 16.6 Å². The maximum absolute atomic E-state index is 10.9. The minimum Gasteiger partial charge on any atom is -0.370 e. The van der Waals surface area contributed by atoms with Gasteiger partial charge in [0.2, 0.25) is 0 Å². The highest BCUT2D eigenvalue weighted by atomic mass is 79.9. The number of rotatable bonds is 3. The molecule has 1 atom stereocenters. The maximum atomic E-state index is 10.9. The highest BCUT2D eigenvalue weighted by Crippen LogP contribution is 2.36. The fourth-order valence-corrected chi connectivity index (χ4v) is 3.50. The number of piperidine rings is 1. The molecule has 19 heavy (non-hydrogen) atoms. The van der Waals surface area contributed by atoms with E-state index in [-0.39, 0.29) is 10.6 Å². The lowest BCUT2D eigenvalue weighted by Crippen LogP contribution is -2.35. The zero-order valence-electron chi connectivity index (χ0n) is 11.4. The molecule has 0 bridgehead atoms. The molecule has 1 aromatic rings. The predicted octanol–water partition coefficient (Wildman–Crippen LogP) is 4.16. The quantitative estimate of drug-likeness (QED) is 0.619. The molecule has 0 N–H and O–H groups in total. The van der Waals surface area contributed by atoms with Crippen molar-refractivity contribution in [2.45, 2.75) is 33.1 Å². The molecule has 1 aromatic carbocycles. The minimum atomic E-state index is -0.327. The van der Waals surface area contributed by atoms with Gasteiger partial charge in [0, 0.05) is 29.7 Å². The van der Waals surface area contributed by atoms with E-state index in [1.165, 1.54) is 12.8 Å². The zero-order valence-corrected chi connectivity index (χ0v) is 12.9. The molecule has 104 valence electrons. The van der Waals surface area contributed by atoms with Gasteiger partial charge in [-0.2, -0.15) is 0 Å². The molecule has 2 rings (SSSR count). The molecule has 0 amide bonds. The van der Waals surface area contributed by atoms with E-state index >= 15 is 0 Å². The average molecular weight is 327 g/mol. The summed E-state index contributed by atoms with van der Waals surface area (Å²) in [5.41, 5.74) is 2.35. The molecule has 1 heterocycles. The smallest absolute Gasteiger partial charge is 0.270 e. The monoisotopic (exact) mass is 326 g/mol. The van der Waals surface area contributed by atoms with Crippen molar-refractivity contribution < 1.29 is 4.92 Å². The highest BCUT2D eigenvalue weighted by molar-refractivity contribution is 9.10. The fourth-order valence-electron chi connectivity index (χ4n) is 2.76. The van der Waals surface area contributed by atoms with Crippen molar-refractivity contribution in [3.05, 3.63) is 32.3 Å². The predicted molar refractivity (Wildman–Crippen MR) is 80.8 cm³/mol. The van der Waals surface area contributed by atoms with Crippen molar-refractivity contribution in [1.82, 2.24) is 0 Å². The molecule has 0 radical (unpaired) electrons. The summed E-state index contributed by atoms with van der Waals surface area (Å²) in [4.78, 5) is 13.0. The Kier molecular flexibility index (Phi) is 4.45. The molecule has 1 aliphatic rings. The van der Waals surface area contributed by atoms with Crippen molar-refractivity contribution in [2.24, 2.45) is 5.92 Å². The Bertz CT molecular complexity index is 491. The van der Waals surface area contributed by atoms with Crippen molar-refractivity contribution >= 4 is 27.3 Å². The second kappa shape index (κ2) is 5.90. The normalized spacial score (nSPS) is 19.5. The van der Waals surface area contributed by atoms with Gasteiger partial charge in [0.05, 0.1) is 10.6 Å². The number of nitrogens with zero attached hydrogens (tertiary/aromatic N) is 2. The number of nitro benzene ring substituents is 1. The number of non-ortho nitro benzene ring substituents is 1. The third-order valence-electron chi connectivity index (χ3n) is 3.69. The van der Waals surface area contributed by atoms with E-state index in [4.69, 9.17) is 0 Å². The van der Waals surface area contributed by atoms with Gasteiger partial charge < -0.3 is 4.90 Å². The van der Waals surface area contributed by atoms with Crippen LogP contribution in [0.3, 0.4) is 0 Å². The van der Waals surface area contributed by atoms with Crippen LogP contribution in [-0.2, 0) is 6.42 Å². The summed E-state index contributed by atoms with van der Waals surface area (Å²) in [6, 6.07) is 3.33. The van der Waals surface area contributed by atoms with Gasteiger partial charge in [-0.05, 0) is 46.7 Å². The second-order valence-corrected chi connectivity index (χ2v) is 6.09. The van der Waals surface area contributed by atoms with Crippen LogP contribution in [-0.4, -0.2) is 18.0 Å². The third kappa shape index (κ3) is 3.08. The van der Waals surface area contributed by atoms with E-state index in [0.717, 1.165) is 35.2 Å². The molecule has 5 heteroatoms. The summed E-state index contributed by atoms with van der Waals surface area (Å²) in [5.74, 6) is 0.681. The summed E-state index contributed by atoms with van der Waals surface area (Å²) in [7, 11) is 0. The molecule has 1 aliphatic heterocycles. The van der Waals surface area contributed by atoms with E-state index in [9.17, 15) is 10.1 Å². The molecular weight excluding hydrogens is 308 g/mol. The lowest BCUT2D eigenvalue weighted by atomic mass is 9.98. The van der Waals surface area contributed by atoms with Gasteiger partial charge in [0.25, 0.3) is 5.69 Å². The molecule has 0 spiro atoms. The molecule has 0 unspecified atom stereocenters. The summed E-state index contributed by atoms with van der Waals surface area (Å²) in [6.07, 6.45) is 3.26. The van der Waals surface area contributed by atoms with E-state index in [2.05, 4.69) is 27.8 Å². The Balaban J connectivity index is 2.41. The molecule has 0 aromatic heterocycles. The summed E-state index contributed by atoms with van der Waals surface area (Å²) >= 11 is 3.52. The Morgan fingerprint density at radius 1 is 1.53 bits per heavy atom. The Morgan fingerprint density at radius 3 is 2.84 bits per heavy atom. The van der Waals surface area contributed by atoms with Gasteiger partial charge in [-0.1, -0.05) is 13.8 Å². The van der Waals surface area contributed by atoms with Gasteiger partial charge >= 0.3 is 0 Å². The van der Waals surface area contributed by atoms with E-state index in [1.54, 1.807) is 12.1 Å². The van der Waals surface area contributed by atoms with Crippen molar-refractivity contribution in [2.75, 3.05) is 18.0 Å².